The Morgan fingerprint density at radius 3 is 2.30 bits per heavy atom. The lowest BCUT2D eigenvalue weighted by molar-refractivity contribution is -0.165. The van der Waals surface area contributed by atoms with Crippen molar-refractivity contribution >= 4 is 38.8 Å². The van der Waals surface area contributed by atoms with Gasteiger partial charge in [-0.25, -0.2) is 17.9 Å². The smallest absolute Gasteiger partial charge is 0.346 e. The first-order valence-corrected chi connectivity index (χ1v) is 8.42. The van der Waals surface area contributed by atoms with Gasteiger partial charge in [0.2, 0.25) is 16.1 Å². The number of carboxylic acid groups (broad SMARTS) is 1. The van der Waals surface area contributed by atoms with Gasteiger partial charge in [-0.15, -0.1) is 0 Å². The van der Waals surface area contributed by atoms with Gasteiger partial charge in [0.1, 0.15) is 0 Å². The van der Waals surface area contributed by atoms with Crippen LogP contribution in [0.5, 0.6) is 0 Å². The van der Waals surface area contributed by atoms with Crippen LogP contribution < -0.4 is 4.72 Å². The summed E-state index contributed by atoms with van der Waals surface area (Å²) in [5.41, 5.74) is 0. The summed E-state index contributed by atoms with van der Waals surface area (Å²) in [4.78, 5) is 33.2. The number of sulfonamides is 1. The lowest BCUT2D eigenvalue weighted by atomic mass is 10.2. The second-order valence-corrected chi connectivity index (χ2v) is 7.12. The molecule has 0 saturated heterocycles. The van der Waals surface area contributed by atoms with Crippen molar-refractivity contribution in [2.24, 2.45) is 5.92 Å². The van der Waals surface area contributed by atoms with Crippen molar-refractivity contribution in [2.45, 2.75) is 20.0 Å². The van der Waals surface area contributed by atoms with E-state index in [0.29, 0.717) is 0 Å². The molecular formula is C10H17NO7S2. The molecule has 0 aliphatic heterocycles. The van der Waals surface area contributed by atoms with Crippen LogP contribution >= 0.6 is 11.8 Å². The number of thioether (sulfide) groups is 1. The van der Waals surface area contributed by atoms with Gasteiger partial charge in [-0.2, -0.15) is 0 Å². The van der Waals surface area contributed by atoms with Crippen LogP contribution in [0.3, 0.4) is 0 Å². The highest BCUT2D eigenvalue weighted by atomic mass is 32.2. The third-order valence-electron chi connectivity index (χ3n) is 2.00. The standard InChI is InChI=1S/C10H17NO7S2/c1-6(5-19-7(2)12)10(15)18-8(9(13)14)4-11-20(3,16)17/h6,8,11H,4-5H2,1-3H3,(H,13,14)/t6-,8-/m1/s1. The van der Waals surface area contributed by atoms with Gasteiger partial charge in [-0.1, -0.05) is 18.7 Å². The van der Waals surface area contributed by atoms with E-state index in [1.807, 2.05) is 4.72 Å². The first-order valence-electron chi connectivity index (χ1n) is 5.54. The molecule has 0 saturated carbocycles. The fourth-order valence-corrected chi connectivity index (χ4v) is 2.05. The zero-order chi connectivity index (χ0) is 15.9. The summed E-state index contributed by atoms with van der Waals surface area (Å²) >= 11 is 0.922. The van der Waals surface area contributed by atoms with Crippen molar-refractivity contribution < 1.29 is 32.6 Å². The largest absolute Gasteiger partial charge is 0.478 e. The van der Waals surface area contributed by atoms with Crippen LogP contribution in [0.25, 0.3) is 0 Å². The quantitative estimate of drug-likeness (QED) is 0.568. The number of nitrogens with one attached hydrogen (secondary N) is 1. The average molecular weight is 327 g/mol. The van der Waals surface area contributed by atoms with Crippen LogP contribution in [0.1, 0.15) is 13.8 Å². The molecule has 2 N–H and O–H groups in total. The van der Waals surface area contributed by atoms with Gasteiger partial charge in [0.15, 0.2) is 5.12 Å². The normalized spacial score (nSPS) is 14.3. The Morgan fingerprint density at radius 2 is 1.90 bits per heavy atom. The summed E-state index contributed by atoms with van der Waals surface area (Å²) in [5.74, 6) is -2.77. The molecule has 0 radical (unpaired) electrons. The van der Waals surface area contributed by atoms with Crippen LogP contribution in [0.15, 0.2) is 0 Å². The molecule has 0 heterocycles. The molecular weight excluding hydrogens is 310 g/mol. The summed E-state index contributed by atoms with van der Waals surface area (Å²) in [6, 6.07) is 0. The molecule has 20 heavy (non-hydrogen) atoms. The molecule has 8 nitrogen and oxygen atoms in total. The molecule has 0 unspecified atom stereocenters. The first-order chi connectivity index (χ1) is 9.03. The maximum absolute atomic E-state index is 11.6. The van der Waals surface area contributed by atoms with Gasteiger partial charge in [0, 0.05) is 12.7 Å². The minimum atomic E-state index is -3.58. The number of carbonyl (C=O) groups excluding carboxylic acids is 2. The van der Waals surface area contributed by atoms with E-state index >= 15 is 0 Å². The van der Waals surface area contributed by atoms with Crippen LogP contribution in [0.4, 0.5) is 0 Å². The molecule has 0 aliphatic carbocycles. The van der Waals surface area contributed by atoms with Crippen LogP contribution in [0.2, 0.25) is 0 Å². The Labute approximate surface area is 121 Å². The summed E-state index contributed by atoms with van der Waals surface area (Å²) in [6.45, 7) is 2.28. The zero-order valence-electron chi connectivity index (χ0n) is 11.3. The summed E-state index contributed by atoms with van der Waals surface area (Å²) in [6.07, 6.45) is -0.748. The topological polar surface area (TPSA) is 127 Å². The van der Waals surface area contributed by atoms with Crippen LogP contribution in [-0.2, 0) is 29.1 Å². The zero-order valence-corrected chi connectivity index (χ0v) is 12.9. The van der Waals surface area contributed by atoms with E-state index in [9.17, 15) is 22.8 Å². The number of hydrogen-bond donors (Lipinski definition) is 2. The number of ether oxygens (including phenoxy) is 1. The van der Waals surface area contributed by atoms with E-state index in [4.69, 9.17) is 9.84 Å². The summed E-state index contributed by atoms with van der Waals surface area (Å²) in [7, 11) is -3.58. The van der Waals surface area contributed by atoms with E-state index in [1.54, 1.807) is 0 Å². The second kappa shape index (κ2) is 8.22. The lowest BCUT2D eigenvalue weighted by Gasteiger charge is -2.16. The molecule has 0 aliphatic rings. The Hall–Kier alpha value is -1.13. The second-order valence-electron chi connectivity index (χ2n) is 4.09. The fourth-order valence-electron chi connectivity index (χ4n) is 0.973. The van der Waals surface area contributed by atoms with Crippen LogP contribution in [-0.4, -0.2) is 55.2 Å². The lowest BCUT2D eigenvalue weighted by Crippen LogP contribution is -2.40. The number of aliphatic carboxylic acids is 1. The van der Waals surface area contributed by atoms with E-state index in [0.717, 1.165) is 18.0 Å². The number of carbonyl (C=O) groups is 3. The van der Waals surface area contributed by atoms with Crippen LogP contribution in [0, 0.1) is 5.92 Å². The molecule has 0 rings (SSSR count). The van der Waals surface area contributed by atoms with Crippen molar-refractivity contribution in [3.63, 3.8) is 0 Å². The fraction of sp³-hybridized carbons (Fsp3) is 0.700. The van der Waals surface area contributed by atoms with Gasteiger partial charge < -0.3 is 9.84 Å². The Balaban J connectivity index is 4.47. The third kappa shape index (κ3) is 8.88. The molecule has 0 spiro atoms. The number of hydrogen-bond acceptors (Lipinski definition) is 7. The molecule has 0 aromatic heterocycles. The molecule has 0 aromatic rings. The maximum Gasteiger partial charge on any atom is 0.346 e. The van der Waals surface area contributed by atoms with Crippen molar-refractivity contribution in [2.75, 3.05) is 18.6 Å². The van der Waals surface area contributed by atoms with Gasteiger partial charge in [-0.05, 0) is 0 Å². The van der Waals surface area contributed by atoms with Crippen molar-refractivity contribution in [3.05, 3.63) is 0 Å². The van der Waals surface area contributed by atoms with E-state index in [-0.39, 0.29) is 10.9 Å². The molecule has 0 bridgehead atoms. The molecule has 10 heteroatoms. The highest BCUT2D eigenvalue weighted by molar-refractivity contribution is 8.13. The first kappa shape index (κ1) is 18.9. The van der Waals surface area contributed by atoms with E-state index in [2.05, 4.69) is 0 Å². The highest BCUT2D eigenvalue weighted by Gasteiger charge is 2.26. The van der Waals surface area contributed by atoms with Gasteiger partial charge in [0.05, 0.1) is 18.7 Å². The number of rotatable bonds is 8. The van der Waals surface area contributed by atoms with E-state index in [1.165, 1.54) is 13.8 Å². The highest BCUT2D eigenvalue weighted by Crippen LogP contribution is 2.11. The predicted molar refractivity (Wildman–Crippen MR) is 72.7 cm³/mol. The third-order valence-corrected chi connectivity index (χ3v) is 3.77. The van der Waals surface area contributed by atoms with Crippen molar-refractivity contribution in [3.8, 4) is 0 Å². The molecule has 116 valence electrons. The molecule has 0 aromatic carbocycles. The Morgan fingerprint density at radius 1 is 1.35 bits per heavy atom. The summed E-state index contributed by atoms with van der Waals surface area (Å²) in [5, 5.41) is 8.68. The molecule has 0 amide bonds. The SMILES string of the molecule is CC(=O)SC[C@@H](C)C(=O)O[C@H](CNS(C)(=O)=O)C(=O)O. The van der Waals surface area contributed by atoms with Gasteiger partial charge >= 0.3 is 11.9 Å². The minimum absolute atomic E-state index is 0.167. The van der Waals surface area contributed by atoms with Crippen molar-refractivity contribution in [1.82, 2.24) is 4.72 Å². The van der Waals surface area contributed by atoms with Crippen molar-refractivity contribution in [1.29, 1.82) is 0 Å². The minimum Gasteiger partial charge on any atom is -0.478 e. The van der Waals surface area contributed by atoms with E-state index < -0.39 is 40.5 Å². The summed E-state index contributed by atoms with van der Waals surface area (Å²) < 4.78 is 28.4. The number of esters is 1. The molecule has 2 atom stereocenters. The Bertz CT molecular complexity index is 474. The number of carboxylic acids is 1. The molecule has 0 fully saturated rings. The van der Waals surface area contributed by atoms with Gasteiger partial charge in [0.25, 0.3) is 0 Å². The average Bonchev–Trinajstić information content (AvgIpc) is 2.29. The monoisotopic (exact) mass is 327 g/mol. The van der Waals surface area contributed by atoms with Gasteiger partial charge in [-0.3, -0.25) is 9.59 Å². The maximum atomic E-state index is 11.6. The Kier molecular flexibility index (Phi) is 7.76. The predicted octanol–water partition coefficient (Wildman–Crippen LogP) is -0.552.